The summed E-state index contributed by atoms with van der Waals surface area (Å²) in [5.41, 5.74) is 6.00. The fourth-order valence-corrected chi connectivity index (χ4v) is 4.35. The molecule has 29 heavy (non-hydrogen) atoms. The van der Waals surface area contributed by atoms with Crippen LogP contribution in [0.5, 0.6) is 0 Å². The van der Waals surface area contributed by atoms with Crippen molar-refractivity contribution in [2.45, 2.75) is 45.7 Å². The summed E-state index contributed by atoms with van der Waals surface area (Å²) in [6, 6.07) is 17.5. The smallest absolute Gasteiger partial charge is 0.130 e. The Labute approximate surface area is 170 Å². The molecule has 1 aliphatic rings. The minimum atomic E-state index is 0.297. The number of rotatable bonds is 4. The molecular weight excluding hydrogens is 358 g/mol. The zero-order valence-corrected chi connectivity index (χ0v) is 16.9. The minimum absolute atomic E-state index is 0.297. The summed E-state index contributed by atoms with van der Waals surface area (Å²) in [7, 11) is 0. The number of anilines is 1. The number of benzene rings is 2. The molecule has 5 rings (SSSR count). The van der Waals surface area contributed by atoms with E-state index in [1.807, 2.05) is 17.8 Å². The van der Waals surface area contributed by atoms with Crippen LogP contribution in [0, 0.1) is 6.92 Å². The Balaban J connectivity index is 1.50. The molecule has 5 nitrogen and oxygen atoms in total. The highest BCUT2D eigenvalue weighted by molar-refractivity contribution is 5.84. The zero-order valence-electron chi connectivity index (χ0n) is 16.9. The van der Waals surface area contributed by atoms with Crippen molar-refractivity contribution in [3.63, 3.8) is 0 Å². The predicted molar refractivity (Wildman–Crippen MR) is 117 cm³/mol. The third kappa shape index (κ3) is 3.37. The number of hydrogen-bond donors (Lipinski definition) is 1. The number of fused-ring (bicyclic) bond motifs is 2. The standard InChI is InChI=1S/C24H25N5/c1-3-29-23-13-18(11-12-19(23)15-25-29)22-14-24(27-16(2)26-22)28-21-10-6-8-17-7-4-5-9-20(17)21/h4-5,7,9,11-15,21H,3,6,8,10H2,1-2H3,(H,26,27,28). The van der Waals surface area contributed by atoms with E-state index in [9.17, 15) is 0 Å². The molecule has 146 valence electrons. The first-order valence-corrected chi connectivity index (χ1v) is 10.4. The van der Waals surface area contributed by atoms with Crippen LogP contribution < -0.4 is 5.32 Å². The van der Waals surface area contributed by atoms with E-state index in [-0.39, 0.29) is 0 Å². The first-order valence-electron chi connectivity index (χ1n) is 10.4. The van der Waals surface area contributed by atoms with Crippen molar-refractivity contribution in [2.75, 3.05) is 5.32 Å². The molecule has 2 heterocycles. The van der Waals surface area contributed by atoms with Crippen molar-refractivity contribution in [3.05, 3.63) is 71.7 Å². The summed E-state index contributed by atoms with van der Waals surface area (Å²) in [5, 5.41) is 9.28. The Hall–Kier alpha value is -3.21. The highest BCUT2D eigenvalue weighted by atomic mass is 15.3. The Morgan fingerprint density at radius 2 is 2.00 bits per heavy atom. The second kappa shape index (κ2) is 7.32. The summed E-state index contributed by atoms with van der Waals surface area (Å²) >= 11 is 0. The Kier molecular flexibility index (Phi) is 4.51. The van der Waals surface area contributed by atoms with Crippen molar-refractivity contribution in [2.24, 2.45) is 0 Å². The van der Waals surface area contributed by atoms with Crippen molar-refractivity contribution < 1.29 is 0 Å². The Morgan fingerprint density at radius 3 is 2.90 bits per heavy atom. The van der Waals surface area contributed by atoms with Gasteiger partial charge in [0.2, 0.25) is 0 Å². The van der Waals surface area contributed by atoms with Crippen molar-refractivity contribution in [1.82, 2.24) is 19.7 Å². The van der Waals surface area contributed by atoms with Gasteiger partial charge >= 0.3 is 0 Å². The molecule has 1 N–H and O–H groups in total. The molecule has 0 fully saturated rings. The average molecular weight is 383 g/mol. The van der Waals surface area contributed by atoms with Gasteiger partial charge in [0.05, 0.1) is 23.4 Å². The maximum atomic E-state index is 4.71. The van der Waals surface area contributed by atoms with Crippen LogP contribution in [-0.4, -0.2) is 19.7 Å². The van der Waals surface area contributed by atoms with Gasteiger partial charge in [-0.05, 0) is 50.3 Å². The van der Waals surface area contributed by atoms with E-state index in [4.69, 9.17) is 4.98 Å². The van der Waals surface area contributed by atoms with E-state index < -0.39 is 0 Å². The Morgan fingerprint density at radius 1 is 1.10 bits per heavy atom. The molecule has 5 heteroatoms. The van der Waals surface area contributed by atoms with Gasteiger partial charge in [0.25, 0.3) is 0 Å². The molecule has 0 spiro atoms. The lowest BCUT2D eigenvalue weighted by molar-refractivity contribution is 0.598. The SMILES string of the molecule is CCn1ncc2ccc(-c3cc(NC4CCCc5ccccc54)nc(C)n3)cc21. The second-order valence-corrected chi connectivity index (χ2v) is 7.71. The first-order chi connectivity index (χ1) is 14.2. The molecule has 0 aliphatic heterocycles. The predicted octanol–water partition coefficient (Wildman–Crippen LogP) is 5.31. The number of hydrogen-bond acceptors (Lipinski definition) is 4. The van der Waals surface area contributed by atoms with Gasteiger partial charge in [-0.2, -0.15) is 5.10 Å². The van der Waals surface area contributed by atoms with Crippen LogP contribution in [0.1, 0.15) is 42.8 Å². The molecule has 4 aromatic rings. The van der Waals surface area contributed by atoms with Gasteiger partial charge in [0.1, 0.15) is 11.6 Å². The van der Waals surface area contributed by atoms with E-state index in [2.05, 4.69) is 70.9 Å². The van der Waals surface area contributed by atoms with Crippen LogP contribution >= 0.6 is 0 Å². The summed E-state index contributed by atoms with van der Waals surface area (Å²) < 4.78 is 2.02. The number of nitrogens with one attached hydrogen (secondary N) is 1. The van der Waals surface area contributed by atoms with Crippen LogP contribution in [0.4, 0.5) is 5.82 Å². The monoisotopic (exact) mass is 383 g/mol. The maximum Gasteiger partial charge on any atom is 0.130 e. The van der Waals surface area contributed by atoms with Crippen LogP contribution in [-0.2, 0) is 13.0 Å². The fraction of sp³-hybridized carbons (Fsp3) is 0.292. The minimum Gasteiger partial charge on any atom is -0.363 e. The van der Waals surface area contributed by atoms with Gasteiger partial charge in [-0.1, -0.05) is 36.4 Å². The summed E-state index contributed by atoms with van der Waals surface area (Å²) in [4.78, 5) is 9.38. The lowest BCUT2D eigenvalue weighted by Crippen LogP contribution is -2.18. The highest BCUT2D eigenvalue weighted by Gasteiger charge is 2.20. The van der Waals surface area contributed by atoms with Crippen molar-refractivity contribution >= 4 is 16.7 Å². The van der Waals surface area contributed by atoms with E-state index >= 15 is 0 Å². The van der Waals surface area contributed by atoms with Gasteiger partial charge in [-0.3, -0.25) is 4.68 Å². The van der Waals surface area contributed by atoms with E-state index in [0.717, 1.165) is 53.2 Å². The molecule has 1 aliphatic carbocycles. The van der Waals surface area contributed by atoms with E-state index in [0.29, 0.717) is 6.04 Å². The molecule has 2 aromatic heterocycles. The third-order valence-corrected chi connectivity index (χ3v) is 5.77. The largest absolute Gasteiger partial charge is 0.363 e. The average Bonchev–Trinajstić information content (AvgIpc) is 3.16. The van der Waals surface area contributed by atoms with Gasteiger partial charge < -0.3 is 5.32 Å². The van der Waals surface area contributed by atoms with Crippen LogP contribution in [0.2, 0.25) is 0 Å². The summed E-state index contributed by atoms with van der Waals surface area (Å²) in [6.07, 6.45) is 5.40. The first kappa shape index (κ1) is 17.9. The third-order valence-electron chi connectivity index (χ3n) is 5.77. The lowest BCUT2D eigenvalue weighted by Gasteiger charge is -2.27. The molecule has 1 unspecified atom stereocenters. The van der Waals surface area contributed by atoms with Gasteiger partial charge in [-0.15, -0.1) is 0 Å². The number of aromatic nitrogens is 4. The maximum absolute atomic E-state index is 4.71. The van der Waals surface area contributed by atoms with Gasteiger partial charge in [-0.25, -0.2) is 9.97 Å². The molecule has 1 atom stereocenters. The molecular formula is C24H25N5. The van der Waals surface area contributed by atoms with Crippen LogP contribution in [0.3, 0.4) is 0 Å². The fourth-order valence-electron chi connectivity index (χ4n) is 4.35. The van der Waals surface area contributed by atoms with Crippen molar-refractivity contribution in [3.8, 4) is 11.3 Å². The van der Waals surface area contributed by atoms with E-state index in [1.54, 1.807) is 0 Å². The topological polar surface area (TPSA) is 55.6 Å². The van der Waals surface area contributed by atoms with Gasteiger partial charge in [0, 0.05) is 23.6 Å². The Bertz CT molecular complexity index is 1180. The molecule has 0 saturated heterocycles. The summed E-state index contributed by atoms with van der Waals surface area (Å²) in [5.74, 6) is 1.66. The number of nitrogens with zero attached hydrogens (tertiary/aromatic N) is 4. The normalized spacial score (nSPS) is 16.0. The lowest BCUT2D eigenvalue weighted by atomic mass is 9.88. The molecule has 2 aromatic carbocycles. The molecule has 0 radical (unpaired) electrons. The molecule has 0 saturated carbocycles. The van der Waals surface area contributed by atoms with Crippen LogP contribution in [0.25, 0.3) is 22.2 Å². The molecule has 0 bridgehead atoms. The summed E-state index contributed by atoms with van der Waals surface area (Å²) in [6.45, 7) is 4.92. The second-order valence-electron chi connectivity index (χ2n) is 7.71. The van der Waals surface area contributed by atoms with Crippen LogP contribution in [0.15, 0.2) is 54.7 Å². The molecule has 0 amide bonds. The quantitative estimate of drug-likeness (QED) is 0.519. The zero-order chi connectivity index (χ0) is 19.8. The number of aryl methyl sites for hydroxylation is 3. The van der Waals surface area contributed by atoms with Crippen molar-refractivity contribution in [1.29, 1.82) is 0 Å². The van der Waals surface area contributed by atoms with E-state index in [1.165, 1.54) is 17.5 Å². The van der Waals surface area contributed by atoms with Gasteiger partial charge in [0.15, 0.2) is 0 Å². The highest BCUT2D eigenvalue weighted by Crippen LogP contribution is 2.33.